The van der Waals surface area contributed by atoms with Crippen molar-refractivity contribution in [2.75, 3.05) is 21.2 Å². The van der Waals surface area contributed by atoms with Crippen molar-refractivity contribution in [2.45, 2.75) is 38.3 Å². The van der Waals surface area contributed by atoms with Crippen LogP contribution >= 0.6 is 0 Å². The highest BCUT2D eigenvalue weighted by Crippen LogP contribution is 2.21. The van der Waals surface area contributed by atoms with E-state index in [1.807, 2.05) is 7.11 Å². The quantitative estimate of drug-likeness (QED) is 0.659. The highest BCUT2D eigenvalue weighted by Gasteiger charge is 2.29. The van der Waals surface area contributed by atoms with Gasteiger partial charge in [-0.05, 0) is 39.3 Å². The second-order valence-electron chi connectivity index (χ2n) is 5.17. The normalized spacial score (nSPS) is 13.8. The summed E-state index contributed by atoms with van der Waals surface area (Å²) in [5.41, 5.74) is 0. The summed E-state index contributed by atoms with van der Waals surface area (Å²) in [6, 6.07) is 2.65. The fraction of sp³-hybridized carbons (Fsp3) is 1.00. The molecule has 80 valence electrons. The van der Waals surface area contributed by atoms with Gasteiger partial charge in [-0.3, -0.25) is 0 Å². The predicted octanol–water partition coefficient (Wildman–Crippen LogP) is 2.60. The summed E-state index contributed by atoms with van der Waals surface area (Å²) in [6.07, 6.45) is 0. The fourth-order valence-corrected chi connectivity index (χ4v) is 6.44. The Labute approximate surface area is 85.5 Å². The molecule has 0 aliphatic carbocycles. The van der Waals surface area contributed by atoms with Gasteiger partial charge in [-0.2, -0.15) is 0 Å². The van der Waals surface area contributed by atoms with Gasteiger partial charge in [0, 0.05) is 7.11 Å². The van der Waals surface area contributed by atoms with Crippen LogP contribution in [0.3, 0.4) is 0 Å². The first-order valence-electron chi connectivity index (χ1n) is 4.94. The Hall–Kier alpha value is 0.354. The van der Waals surface area contributed by atoms with Crippen molar-refractivity contribution in [1.29, 1.82) is 0 Å². The summed E-state index contributed by atoms with van der Waals surface area (Å²) in [5, 5.41) is 0. The summed E-state index contributed by atoms with van der Waals surface area (Å²) in [6.45, 7) is 9.44. The summed E-state index contributed by atoms with van der Waals surface area (Å²) in [7, 11) is 3.82. The van der Waals surface area contributed by atoms with Crippen molar-refractivity contribution < 1.29 is 4.43 Å². The number of hydrogen-bond donors (Lipinski definition) is 0. The van der Waals surface area contributed by atoms with Crippen LogP contribution in [0.5, 0.6) is 0 Å². The van der Waals surface area contributed by atoms with Gasteiger partial charge in [0.15, 0.2) is 8.32 Å². The molecule has 13 heavy (non-hydrogen) atoms. The Balaban J connectivity index is 4.02. The van der Waals surface area contributed by atoms with Gasteiger partial charge in [0.1, 0.15) is 8.24 Å². The minimum atomic E-state index is -1.32. The van der Waals surface area contributed by atoms with Gasteiger partial charge in [0.2, 0.25) is 0 Å². The molecule has 0 aromatic heterocycles. The van der Waals surface area contributed by atoms with Crippen LogP contribution in [0.15, 0.2) is 0 Å². The van der Waals surface area contributed by atoms with Crippen LogP contribution in [0.2, 0.25) is 38.3 Å². The Morgan fingerprint density at radius 2 is 1.46 bits per heavy atom. The first-order valence-corrected chi connectivity index (χ1v) is 11.2. The largest absolute Gasteiger partial charge is 0.420 e. The van der Waals surface area contributed by atoms with Crippen molar-refractivity contribution in [3.05, 3.63) is 0 Å². The number of rotatable bonds is 5. The van der Waals surface area contributed by atoms with Crippen LogP contribution in [0, 0.1) is 0 Å². The minimum absolute atomic E-state index is 1.12. The average Bonchev–Trinajstić information content (AvgIpc) is 2.01. The Bertz CT molecular complexity index is 158. The van der Waals surface area contributed by atoms with Gasteiger partial charge >= 0.3 is 0 Å². The van der Waals surface area contributed by atoms with Crippen molar-refractivity contribution >= 4 is 16.6 Å². The van der Waals surface area contributed by atoms with Crippen LogP contribution in [-0.2, 0) is 4.43 Å². The van der Waals surface area contributed by atoms with Gasteiger partial charge in [-0.25, -0.2) is 0 Å². The molecule has 0 spiro atoms. The summed E-state index contributed by atoms with van der Waals surface area (Å²) in [4.78, 5) is 0. The van der Waals surface area contributed by atoms with E-state index in [1.54, 1.807) is 0 Å². The third-order valence-electron chi connectivity index (χ3n) is 3.10. The fourth-order valence-electron chi connectivity index (χ4n) is 0.933. The van der Waals surface area contributed by atoms with E-state index in [9.17, 15) is 0 Å². The molecule has 0 fully saturated rings. The second kappa shape index (κ2) is 4.73. The van der Waals surface area contributed by atoms with E-state index >= 15 is 0 Å². The van der Waals surface area contributed by atoms with Crippen molar-refractivity contribution in [2.24, 2.45) is 0 Å². The zero-order valence-corrected chi connectivity index (χ0v) is 12.3. The van der Waals surface area contributed by atoms with Crippen LogP contribution in [0.25, 0.3) is 0 Å². The molecule has 0 saturated heterocycles. The maximum absolute atomic E-state index is 5.56. The van der Waals surface area contributed by atoms with E-state index in [2.05, 4.69) is 44.8 Å². The third-order valence-corrected chi connectivity index (χ3v) is 10.1. The molecule has 0 heterocycles. The Kier molecular flexibility index (Phi) is 4.86. The zero-order chi connectivity index (χ0) is 10.7. The molecule has 0 aromatic rings. The Morgan fingerprint density at radius 1 is 1.00 bits per heavy atom. The Morgan fingerprint density at radius 3 is 1.77 bits per heavy atom. The predicted molar refractivity (Wildman–Crippen MR) is 65.3 cm³/mol. The summed E-state index contributed by atoms with van der Waals surface area (Å²) >= 11 is 0. The summed E-state index contributed by atoms with van der Waals surface area (Å²) < 4.78 is 7.98. The van der Waals surface area contributed by atoms with Crippen LogP contribution < -0.4 is 0 Å². The van der Waals surface area contributed by atoms with Crippen LogP contribution in [0.1, 0.15) is 0 Å². The average molecular weight is 219 g/mol. The minimum Gasteiger partial charge on any atom is -0.420 e. The molecule has 0 amide bonds. The number of hydrogen-bond acceptors (Lipinski definition) is 2. The van der Waals surface area contributed by atoms with E-state index in [4.69, 9.17) is 4.43 Å². The monoisotopic (exact) mass is 219 g/mol. The van der Waals surface area contributed by atoms with Crippen molar-refractivity contribution in [1.82, 2.24) is 4.57 Å². The van der Waals surface area contributed by atoms with E-state index in [1.165, 1.54) is 12.1 Å². The lowest BCUT2D eigenvalue weighted by atomic mass is 10.9. The molecule has 0 aromatic carbocycles. The number of nitrogens with zero attached hydrogens (tertiary/aromatic N) is 1. The van der Waals surface area contributed by atoms with E-state index < -0.39 is 16.6 Å². The molecule has 0 unspecified atom stereocenters. The topological polar surface area (TPSA) is 12.5 Å². The van der Waals surface area contributed by atoms with Crippen LogP contribution in [-0.4, -0.2) is 42.3 Å². The van der Waals surface area contributed by atoms with Crippen molar-refractivity contribution in [3.8, 4) is 0 Å². The molecule has 0 atom stereocenters. The van der Waals surface area contributed by atoms with Gasteiger partial charge in [0.25, 0.3) is 0 Å². The van der Waals surface area contributed by atoms with E-state index in [-0.39, 0.29) is 0 Å². The smallest absolute Gasteiger partial charge is 0.185 e. The lowest BCUT2D eigenvalue weighted by Crippen LogP contribution is -2.45. The zero-order valence-electron chi connectivity index (χ0n) is 10.3. The second-order valence-corrected chi connectivity index (χ2v) is 14.6. The lowest BCUT2D eigenvalue weighted by Gasteiger charge is -2.32. The highest BCUT2D eigenvalue weighted by molar-refractivity contribution is 6.78. The first-order chi connectivity index (χ1) is 5.71. The highest BCUT2D eigenvalue weighted by atomic mass is 28.4. The molecular weight excluding hydrogens is 194 g/mol. The lowest BCUT2D eigenvalue weighted by molar-refractivity contribution is 0.404. The van der Waals surface area contributed by atoms with Gasteiger partial charge in [0.05, 0.1) is 0 Å². The molecule has 0 aliphatic rings. The third kappa shape index (κ3) is 4.95. The van der Waals surface area contributed by atoms with Gasteiger partial charge in [-0.15, -0.1) is 0 Å². The van der Waals surface area contributed by atoms with Crippen molar-refractivity contribution in [3.63, 3.8) is 0 Å². The molecular formula is C9H25NOSi2. The standard InChI is InChI=1S/C9H25NOSi2/c1-10(2)12(4,5)8-9-13(6,7)11-3/h8-9H2,1-7H3. The summed E-state index contributed by atoms with van der Waals surface area (Å²) in [5.74, 6) is 0. The molecule has 2 nitrogen and oxygen atoms in total. The molecule has 0 bridgehead atoms. The maximum Gasteiger partial charge on any atom is 0.185 e. The molecule has 0 aliphatic heterocycles. The molecule has 0 N–H and O–H groups in total. The molecule has 0 radical (unpaired) electrons. The van der Waals surface area contributed by atoms with E-state index in [0.717, 1.165) is 0 Å². The SMILES string of the molecule is CO[Si](C)(C)CC[Si](C)(C)N(C)C. The van der Waals surface area contributed by atoms with E-state index in [0.29, 0.717) is 0 Å². The molecule has 0 saturated carbocycles. The first kappa shape index (κ1) is 13.4. The van der Waals surface area contributed by atoms with Crippen LogP contribution in [0.4, 0.5) is 0 Å². The van der Waals surface area contributed by atoms with Gasteiger partial charge < -0.3 is 8.99 Å². The molecule has 0 rings (SSSR count). The van der Waals surface area contributed by atoms with Gasteiger partial charge in [-0.1, -0.05) is 13.1 Å². The maximum atomic E-state index is 5.56. The molecule has 4 heteroatoms.